The Morgan fingerprint density at radius 3 is 2.70 bits per heavy atom. The van der Waals surface area contributed by atoms with E-state index in [9.17, 15) is 0 Å². The topological polar surface area (TPSA) is 48.1 Å². The summed E-state index contributed by atoms with van der Waals surface area (Å²) in [7, 11) is 0. The molecule has 0 atom stereocenters. The number of nitrogens with zero attached hydrogens (tertiary/aromatic N) is 1. The van der Waals surface area contributed by atoms with Gasteiger partial charge in [0.2, 0.25) is 0 Å². The first kappa shape index (κ1) is 13.1. The van der Waals surface area contributed by atoms with Gasteiger partial charge in [-0.25, -0.2) is 0 Å². The number of pyridine rings is 1. The lowest BCUT2D eigenvalue weighted by Crippen LogP contribution is -2.02. The van der Waals surface area contributed by atoms with E-state index >= 15 is 0 Å². The molecule has 0 aliphatic carbocycles. The van der Waals surface area contributed by atoms with Crippen molar-refractivity contribution >= 4 is 26.7 Å². The first-order valence-electron chi connectivity index (χ1n) is 6.28. The fraction of sp³-hybridized carbons (Fsp3) is 0.0625. The molecular formula is C16H13BrN2O. The molecule has 0 bridgehead atoms. The van der Waals surface area contributed by atoms with Crippen LogP contribution in [0.5, 0.6) is 11.5 Å². The van der Waals surface area contributed by atoms with E-state index in [1.807, 2.05) is 36.4 Å². The van der Waals surface area contributed by atoms with Gasteiger partial charge in [0.15, 0.2) is 0 Å². The van der Waals surface area contributed by atoms with E-state index in [1.165, 1.54) is 0 Å². The Morgan fingerprint density at radius 1 is 1.00 bits per heavy atom. The lowest BCUT2D eigenvalue weighted by Gasteiger charge is -2.12. The molecule has 3 nitrogen and oxygen atoms in total. The van der Waals surface area contributed by atoms with Gasteiger partial charge in [0.05, 0.1) is 10.2 Å². The van der Waals surface area contributed by atoms with Crippen LogP contribution in [0.4, 0.5) is 0 Å². The van der Waals surface area contributed by atoms with Crippen molar-refractivity contribution in [3.63, 3.8) is 0 Å². The zero-order chi connectivity index (χ0) is 13.9. The number of benzene rings is 2. The number of aromatic nitrogens is 1. The monoisotopic (exact) mass is 328 g/mol. The fourth-order valence-corrected chi connectivity index (χ4v) is 2.65. The molecular weight excluding hydrogens is 316 g/mol. The molecule has 1 heterocycles. The number of ether oxygens (including phenoxy) is 1. The van der Waals surface area contributed by atoms with Crippen LogP contribution in [-0.2, 0) is 6.54 Å². The van der Waals surface area contributed by atoms with Crippen molar-refractivity contribution in [3.8, 4) is 11.5 Å². The Morgan fingerprint density at radius 2 is 1.85 bits per heavy atom. The highest BCUT2D eigenvalue weighted by Crippen LogP contribution is 2.36. The van der Waals surface area contributed by atoms with Crippen LogP contribution in [-0.4, -0.2) is 4.98 Å². The maximum atomic E-state index is 5.95. The number of hydrogen-bond donors (Lipinski definition) is 1. The van der Waals surface area contributed by atoms with Crippen molar-refractivity contribution in [1.82, 2.24) is 4.98 Å². The van der Waals surface area contributed by atoms with Gasteiger partial charge in [-0.3, -0.25) is 4.98 Å². The third-order valence-corrected chi connectivity index (χ3v) is 3.91. The molecule has 0 saturated carbocycles. The first-order valence-corrected chi connectivity index (χ1v) is 7.08. The number of hydrogen-bond acceptors (Lipinski definition) is 3. The number of rotatable bonds is 3. The van der Waals surface area contributed by atoms with Crippen molar-refractivity contribution in [1.29, 1.82) is 0 Å². The average molecular weight is 329 g/mol. The normalized spacial score (nSPS) is 10.7. The zero-order valence-electron chi connectivity index (χ0n) is 10.7. The van der Waals surface area contributed by atoms with Gasteiger partial charge in [-0.05, 0) is 44.9 Å². The molecule has 100 valence electrons. The van der Waals surface area contributed by atoms with Crippen LogP contribution in [0.25, 0.3) is 10.8 Å². The van der Waals surface area contributed by atoms with Gasteiger partial charge in [-0.15, -0.1) is 0 Å². The first-order chi connectivity index (χ1) is 9.79. The summed E-state index contributed by atoms with van der Waals surface area (Å²) in [5.74, 6) is 1.44. The lowest BCUT2D eigenvalue weighted by atomic mass is 10.1. The van der Waals surface area contributed by atoms with E-state index < -0.39 is 0 Å². The standard InChI is InChI=1S/C16H13BrN2O/c17-16-12-5-2-1-4-11(12)7-8-15(16)20-14-6-3-9-19-13(14)10-18/h1-9H,10,18H2. The molecule has 1 aromatic heterocycles. The lowest BCUT2D eigenvalue weighted by molar-refractivity contribution is 0.470. The van der Waals surface area contributed by atoms with Crippen molar-refractivity contribution in [2.24, 2.45) is 5.73 Å². The SMILES string of the molecule is NCc1ncccc1Oc1ccc2ccccc2c1Br. The maximum Gasteiger partial charge on any atom is 0.150 e. The molecule has 3 rings (SSSR count). The predicted molar refractivity (Wildman–Crippen MR) is 83.9 cm³/mol. The molecule has 0 fully saturated rings. The second kappa shape index (κ2) is 5.61. The summed E-state index contributed by atoms with van der Waals surface area (Å²) < 4.78 is 6.88. The summed E-state index contributed by atoms with van der Waals surface area (Å²) in [6.07, 6.45) is 1.71. The summed E-state index contributed by atoms with van der Waals surface area (Å²) in [6, 6.07) is 15.8. The molecule has 20 heavy (non-hydrogen) atoms. The Kier molecular flexibility index (Phi) is 3.67. The van der Waals surface area contributed by atoms with Gasteiger partial charge in [-0.1, -0.05) is 30.3 Å². The van der Waals surface area contributed by atoms with Crippen LogP contribution in [0.3, 0.4) is 0 Å². The number of nitrogens with two attached hydrogens (primary N) is 1. The van der Waals surface area contributed by atoms with E-state index in [-0.39, 0.29) is 0 Å². The van der Waals surface area contributed by atoms with Gasteiger partial charge in [0.1, 0.15) is 11.5 Å². The van der Waals surface area contributed by atoms with E-state index in [4.69, 9.17) is 10.5 Å². The van der Waals surface area contributed by atoms with Crippen molar-refractivity contribution < 1.29 is 4.74 Å². The smallest absolute Gasteiger partial charge is 0.150 e. The van der Waals surface area contributed by atoms with Crippen molar-refractivity contribution in [2.45, 2.75) is 6.54 Å². The molecule has 0 radical (unpaired) electrons. The summed E-state index contributed by atoms with van der Waals surface area (Å²) in [4.78, 5) is 4.22. The molecule has 0 aliphatic heterocycles. The zero-order valence-corrected chi connectivity index (χ0v) is 12.3. The minimum Gasteiger partial charge on any atom is -0.454 e. The Balaban J connectivity index is 2.05. The quantitative estimate of drug-likeness (QED) is 0.781. The van der Waals surface area contributed by atoms with Gasteiger partial charge >= 0.3 is 0 Å². The highest BCUT2D eigenvalue weighted by molar-refractivity contribution is 9.10. The Bertz CT molecular complexity index is 758. The van der Waals surface area contributed by atoms with Crippen LogP contribution in [0.1, 0.15) is 5.69 Å². The van der Waals surface area contributed by atoms with E-state index in [1.54, 1.807) is 6.20 Å². The minimum atomic E-state index is 0.349. The van der Waals surface area contributed by atoms with Gasteiger partial charge in [0, 0.05) is 12.7 Å². The molecule has 2 aromatic carbocycles. The summed E-state index contributed by atoms with van der Waals surface area (Å²) >= 11 is 3.61. The Hall–Kier alpha value is -1.91. The maximum absolute atomic E-state index is 5.95. The number of halogens is 1. The van der Waals surface area contributed by atoms with Crippen LogP contribution in [0.2, 0.25) is 0 Å². The van der Waals surface area contributed by atoms with E-state index in [0.29, 0.717) is 12.3 Å². The number of fused-ring (bicyclic) bond motifs is 1. The molecule has 0 spiro atoms. The van der Waals surface area contributed by atoms with Crippen LogP contribution in [0, 0.1) is 0 Å². The predicted octanol–water partition coefficient (Wildman–Crippen LogP) is 4.25. The minimum absolute atomic E-state index is 0.349. The molecule has 0 unspecified atom stereocenters. The highest BCUT2D eigenvalue weighted by Gasteiger charge is 2.09. The third kappa shape index (κ3) is 2.40. The average Bonchev–Trinajstić information content (AvgIpc) is 2.51. The van der Waals surface area contributed by atoms with Gasteiger partial charge < -0.3 is 10.5 Å². The second-order valence-corrected chi connectivity index (χ2v) is 5.15. The third-order valence-electron chi connectivity index (χ3n) is 3.09. The van der Waals surface area contributed by atoms with Crippen LogP contribution < -0.4 is 10.5 Å². The second-order valence-electron chi connectivity index (χ2n) is 4.35. The Labute approximate surface area is 125 Å². The molecule has 3 aromatic rings. The molecule has 2 N–H and O–H groups in total. The summed E-state index contributed by atoms with van der Waals surface area (Å²) in [5, 5.41) is 2.28. The molecule has 0 aliphatic rings. The molecule has 0 saturated heterocycles. The van der Waals surface area contributed by atoms with Crippen LogP contribution >= 0.6 is 15.9 Å². The van der Waals surface area contributed by atoms with Crippen molar-refractivity contribution in [2.75, 3.05) is 0 Å². The van der Waals surface area contributed by atoms with Gasteiger partial charge in [-0.2, -0.15) is 0 Å². The highest BCUT2D eigenvalue weighted by atomic mass is 79.9. The van der Waals surface area contributed by atoms with Crippen molar-refractivity contribution in [3.05, 3.63) is 64.9 Å². The van der Waals surface area contributed by atoms with E-state index in [0.717, 1.165) is 26.7 Å². The van der Waals surface area contributed by atoms with Crippen LogP contribution in [0.15, 0.2) is 59.2 Å². The fourth-order valence-electron chi connectivity index (χ4n) is 2.08. The molecule has 4 heteroatoms. The summed E-state index contributed by atoms with van der Waals surface area (Å²) in [6.45, 7) is 0.349. The van der Waals surface area contributed by atoms with Gasteiger partial charge in [0.25, 0.3) is 0 Å². The largest absolute Gasteiger partial charge is 0.454 e. The summed E-state index contributed by atoms with van der Waals surface area (Å²) in [5.41, 5.74) is 6.42. The van der Waals surface area contributed by atoms with E-state index in [2.05, 4.69) is 33.0 Å². The molecule has 0 amide bonds.